The summed E-state index contributed by atoms with van der Waals surface area (Å²) in [5.41, 5.74) is 2.95. The van der Waals surface area contributed by atoms with Gasteiger partial charge < -0.3 is 18.9 Å². The van der Waals surface area contributed by atoms with Crippen molar-refractivity contribution in [3.05, 3.63) is 89.5 Å². The van der Waals surface area contributed by atoms with Crippen LogP contribution in [0.25, 0.3) is 0 Å². The molecule has 8 heteroatoms. The van der Waals surface area contributed by atoms with Gasteiger partial charge in [0.25, 0.3) is 0 Å². The summed E-state index contributed by atoms with van der Waals surface area (Å²) in [5.74, 6) is 23.6. The van der Waals surface area contributed by atoms with E-state index in [1.165, 1.54) is 4.31 Å². The van der Waals surface area contributed by atoms with Gasteiger partial charge in [0, 0.05) is 0 Å². The summed E-state index contributed by atoms with van der Waals surface area (Å²) < 4.78 is 49.1. The molecule has 0 radical (unpaired) electrons. The van der Waals surface area contributed by atoms with E-state index in [0.717, 1.165) is 28.2 Å². The average molecular weight is 596 g/mol. The predicted octanol–water partition coefficient (Wildman–Crippen LogP) is 4.45. The number of sulfonamides is 1. The van der Waals surface area contributed by atoms with Gasteiger partial charge in [-0.1, -0.05) is 65.6 Å². The van der Waals surface area contributed by atoms with Gasteiger partial charge in [0.05, 0.1) is 45.4 Å². The van der Waals surface area contributed by atoms with Gasteiger partial charge >= 0.3 is 0 Å². The fourth-order valence-corrected chi connectivity index (χ4v) is 4.72. The lowest BCUT2D eigenvalue weighted by Crippen LogP contribution is -2.32. The number of benzene rings is 3. The minimum absolute atomic E-state index is 0.0787. The van der Waals surface area contributed by atoms with Crippen LogP contribution in [0.1, 0.15) is 16.7 Å². The van der Waals surface area contributed by atoms with Gasteiger partial charge in [0.15, 0.2) is 0 Å². The molecule has 220 valence electrons. The topological polar surface area (TPSA) is 74.3 Å². The summed E-state index contributed by atoms with van der Waals surface area (Å²) in [7, 11) is -0.593. The van der Waals surface area contributed by atoms with Gasteiger partial charge in [-0.25, -0.2) is 8.42 Å². The van der Waals surface area contributed by atoms with Crippen molar-refractivity contribution >= 4 is 10.0 Å². The maximum atomic E-state index is 13.3. The number of methoxy groups -OCH3 is 2. The highest BCUT2D eigenvalue weighted by Gasteiger charge is 2.22. The number of hydrogen-bond donors (Lipinski definition) is 0. The molecule has 3 aromatic carbocycles. The first-order valence-corrected chi connectivity index (χ1v) is 14.8. The molecular formula is C35H33NO6S. The van der Waals surface area contributed by atoms with Crippen molar-refractivity contribution in [2.75, 3.05) is 40.5 Å². The Morgan fingerprint density at radius 3 is 1.44 bits per heavy atom. The molecule has 0 aromatic heterocycles. The van der Waals surface area contributed by atoms with Crippen LogP contribution in [0.2, 0.25) is 0 Å². The first kappa shape index (κ1) is 32.8. The molecule has 0 saturated carbocycles. The molecule has 0 bridgehead atoms. The molecule has 0 saturated heterocycles. The summed E-state index contributed by atoms with van der Waals surface area (Å²) in [6.07, 6.45) is 0. The zero-order chi connectivity index (χ0) is 30.8. The Labute approximate surface area is 255 Å². The lowest BCUT2D eigenvalue weighted by atomic mass is 10.2. The van der Waals surface area contributed by atoms with Gasteiger partial charge in [0.2, 0.25) is 10.0 Å². The number of hydrogen-bond acceptors (Lipinski definition) is 6. The zero-order valence-corrected chi connectivity index (χ0v) is 25.3. The van der Waals surface area contributed by atoms with Crippen LogP contribution in [-0.4, -0.2) is 53.2 Å². The van der Waals surface area contributed by atoms with E-state index >= 15 is 0 Å². The quantitative estimate of drug-likeness (QED) is 0.228. The largest absolute Gasteiger partial charge is 0.497 e. The second kappa shape index (κ2) is 18.0. The zero-order valence-electron chi connectivity index (χ0n) is 24.5. The maximum absolute atomic E-state index is 13.3. The molecule has 0 aliphatic rings. The number of aryl methyl sites for hydroxylation is 1. The first-order chi connectivity index (χ1) is 20.9. The lowest BCUT2D eigenvalue weighted by Gasteiger charge is -2.17. The molecule has 0 atom stereocenters. The second-order valence-corrected chi connectivity index (χ2v) is 10.9. The van der Waals surface area contributed by atoms with E-state index in [0.29, 0.717) is 13.2 Å². The van der Waals surface area contributed by atoms with Gasteiger partial charge in [-0.3, -0.25) is 0 Å². The molecule has 43 heavy (non-hydrogen) atoms. The van der Waals surface area contributed by atoms with Gasteiger partial charge in [0.1, 0.15) is 24.7 Å². The summed E-state index contributed by atoms with van der Waals surface area (Å²) in [6, 6.07) is 21.8. The van der Waals surface area contributed by atoms with Crippen LogP contribution in [0.15, 0.2) is 77.7 Å². The van der Waals surface area contributed by atoms with Crippen molar-refractivity contribution in [3.8, 4) is 58.9 Å². The third kappa shape index (κ3) is 11.6. The van der Waals surface area contributed by atoms with Crippen molar-refractivity contribution in [2.45, 2.75) is 25.0 Å². The Morgan fingerprint density at radius 2 is 1.02 bits per heavy atom. The van der Waals surface area contributed by atoms with Gasteiger partial charge in [-0.15, -0.1) is 0 Å². The molecule has 0 aliphatic heterocycles. The Kier molecular flexibility index (Phi) is 13.7. The minimum Gasteiger partial charge on any atom is -0.497 e. The molecule has 3 aromatic rings. The van der Waals surface area contributed by atoms with Crippen molar-refractivity contribution in [3.63, 3.8) is 0 Å². The number of ether oxygens (including phenoxy) is 4. The van der Waals surface area contributed by atoms with Crippen LogP contribution in [0.4, 0.5) is 0 Å². The minimum atomic E-state index is -3.83. The molecule has 0 heterocycles. The second-order valence-electron chi connectivity index (χ2n) is 8.98. The molecule has 0 spiro atoms. The van der Waals surface area contributed by atoms with E-state index < -0.39 is 10.0 Å². The predicted molar refractivity (Wildman–Crippen MR) is 166 cm³/mol. The Balaban J connectivity index is 1.53. The molecule has 0 aliphatic carbocycles. The van der Waals surface area contributed by atoms with Crippen molar-refractivity contribution in [1.82, 2.24) is 4.31 Å². The Bertz CT molecular complexity index is 1580. The van der Waals surface area contributed by atoms with Crippen LogP contribution in [0, 0.1) is 54.3 Å². The highest BCUT2D eigenvalue weighted by Crippen LogP contribution is 2.16. The van der Waals surface area contributed by atoms with Crippen LogP contribution >= 0.6 is 0 Å². The summed E-state index contributed by atoms with van der Waals surface area (Å²) >= 11 is 0. The Hall–Kier alpha value is -4.67. The maximum Gasteiger partial charge on any atom is 0.244 e. The van der Waals surface area contributed by atoms with E-state index in [1.54, 1.807) is 38.5 Å². The van der Waals surface area contributed by atoms with E-state index in [1.807, 2.05) is 55.5 Å². The number of rotatable bonds is 12. The van der Waals surface area contributed by atoms with E-state index in [4.69, 9.17) is 18.9 Å². The summed E-state index contributed by atoms with van der Waals surface area (Å²) in [5, 5.41) is 0. The molecule has 0 unspecified atom stereocenters. The van der Waals surface area contributed by atoms with E-state index in [9.17, 15) is 8.42 Å². The molecule has 7 nitrogen and oxygen atoms in total. The summed E-state index contributed by atoms with van der Waals surface area (Å²) in [4.78, 5) is 0.165. The van der Waals surface area contributed by atoms with Crippen molar-refractivity contribution in [1.29, 1.82) is 0 Å². The first-order valence-electron chi connectivity index (χ1n) is 13.3. The molecule has 0 amide bonds. The van der Waals surface area contributed by atoms with Crippen LogP contribution in [0.3, 0.4) is 0 Å². The molecule has 0 N–H and O–H groups in total. The van der Waals surface area contributed by atoms with E-state index in [-0.39, 0.29) is 31.2 Å². The normalized spacial score (nSPS) is 10.1. The van der Waals surface area contributed by atoms with Gasteiger partial charge in [-0.05, 0) is 78.1 Å². The third-order valence-corrected chi connectivity index (χ3v) is 7.66. The summed E-state index contributed by atoms with van der Waals surface area (Å²) in [6.45, 7) is 2.94. The van der Waals surface area contributed by atoms with Crippen LogP contribution in [-0.2, 0) is 32.7 Å². The smallest absolute Gasteiger partial charge is 0.244 e. The average Bonchev–Trinajstić information content (AvgIpc) is 3.03. The monoisotopic (exact) mass is 595 g/mol. The van der Waals surface area contributed by atoms with Crippen molar-refractivity contribution in [2.24, 2.45) is 0 Å². The van der Waals surface area contributed by atoms with Crippen LogP contribution < -0.4 is 9.47 Å². The molecular weight excluding hydrogens is 562 g/mol. The fraction of sp³-hybridized carbons (Fsp3) is 0.257. The lowest BCUT2D eigenvalue weighted by molar-refractivity contribution is 0.153. The van der Waals surface area contributed by atoms with Gasteiger partial charge in [-0.2, -0.15) is 4.31 Å². The molecule has 0 fully saturated rings. The van der Waals surface area contributed by atoms with Crippen molar-refractivity contribution < 1.29 is 27.4 Å². The standard InChI is InChI=1S/C35H33NO6S/c1-30-12-22-35(23-13-30)43(37,38)36(24-8-4-6-10-26-41-28-31-14-18-33(39-2)19-15-31)25-9-5-7-11-27-42-29-32-16-20-34(40-3)21-17-32/h12-23H,24-29H2,1-3H3. The highest BCUT2D eigenvalue weighted by atomic mass is 32.2. The third-order valence-electron chi connectivity index (χ3n) is 5.85. The Morgan fingerprint density at radius 1 is 0.605 bits per heavy atom. The SMILES string of the molecule is COc1ccc(COCC#CC#CCN(CC#CC#CCOCc2ccc(OC)cc2)S(=O)(=O)c2ccc(C)cc2)cc1. The number of nitrogens with zero attached hydrogens (tertiary/aromatic N) is 1. The highest BCUT2D eigenvalue weighted by molar-refractivity contribution is 7.89. The van der Waals surface area contributed by atoms with E-state index in [2.05, 4.69) is 47.4 Å². The van der Waals surface area contributed by atoms with Crippen LogP contribution in [0.5, 0.6) is 11.5 Å². The molecule has 3 rings (SSSR count). The fourth-order valence-electron chi connectivity index (χ4n) is 3.47.